The van der Waals surface area contributed by atoms with E-state index in [-0.39, 0.29) is 0 Å². The highest BCUT2D eigenvalue weighted by Gasteiger charge is 2.34. The van der Waals surface area contributed by atoms with Crippen LogP contribution in [0.5, 0.6) is 5.75 Å². The maximum absolute atomic E-state index is 9.18. The molecule has 1 aliphatic heterocycles. The molecule has 0 saturated carbocycles. The van der Waals surface area contributed by atoms with E-state index in [1.54, 1.807) is 0 Å². The van der Waals surface area contributed by atoms with Gasteiger partial charge in [-0.05, 0) is 18.1 Å². The summed E-state index contributed by atoms with van der Waals surface area (Å²) in [4.78, 5) is 2.44. The van der Waals surface area contributed by atoms with Crippen molar-refractivity contribution in [1.82, 2.24) is 4.90 Å². The fourth-order valence-electron chi connectivity index (χ4n) is 2.76. The van der Waals surface area contributed by atoms with E-state index < -0.39 is 0 Å². The van der Waals surface area contributed by atoms with Crippen molar-refractivity contribution < 1.29 is 4.74 Å². The van der Waals surface area contributed by atoms with Gasteiger partial charge in [-0.15, -0.1) is 0 Å². The molecule has 2 atom stereocenters. The van der Waals surface area contributed by atoms with Crippen molar-refractivity contribution in [1.29, 1.82) is 5.26 Å². The van der Waals surface area contributed by atoms with Crippen LogP contribution in [-0.2, 0) is 0 Å². The number of hydrogen-bond acceptors (Lipinski definition) is 3. The van der Waals surface area contributed by atoms with Gasteiger partial charge in [0.05, 0.1) is 17.7 Å². The van der Waals surface area contributed by atoms with Crippen LogP contribution in [0.4, 0.5) is 0 Å². The molecule has 0 amide bonds. The summed E-state index contributed by atoms with van der Waals surface area (Å²) < 4.78 is 6.00. The second-order valence-corrected chi connectivity index (χ2v) is 6.08. The van der Waals surface area contributed by atoms with Crippen molar-refractivity contribution in [3.8, 4) is 11.8 Å². The lowest BCUT2D eigenvalue weighted by Gasteiger charge is -2.11. The molecule has 0 aliphatic carbocycles. The fraction of sp³-hybridized carbons (Fsp3) is 0.389. The Bertz CT molecular complexity index is 687. The Morgan fingerprint density at radius 3 is 2.71 bits per heavy atom. The number of benzene rings is 2. The number of ether oxygens (including phenoxy) is 1. The predicted molar refractivity (Wildman–Crippen MR) is 84.4 cm³/mol. The van der Waals surface area contributed by atoms with Gasteiger partial charge in [-0.3, -0.25) is 4.90 Å². The summed E-state index contributed by atoms with van der Waals surface area (Å²) in [5, 5.41) is 11.2. The van der Waals surface area contributed by atoms with Gasteiger partial charge in [0.25, 0.3) is 0 Å². The lowest BCUT2D eigenvalue weighted by atomic mass is 10.0. The van der Waals surface area contributed by atoms with Gasteiger partial charge in [0.2, 0.25) is 0 Å². The van der Waals surface area contributed by atoms with Crippen LogP contribution in [0.25, 0.3) is 10.8 Å². The highest BCUT2D eigenvalue weighted by molar-refractivity contribution is 5.92. The standard InChI is InChI=1S/C18H20N2O/c1-13(2)10-20-11-15(20)12-21-18-8-7-14(9-19)16-5-3-4-6-17(16)18/h3-8,13,15H,10-12H2,1-2H3. The lowest BCUT2D eigenvalue weighted by molar-refractivity contribution is 0.290. The first-order chi connectivity index (χ1) is 10.2. The minimum absolute atomic E-state index is 0.543. The number of hydrogen-bond donors (Lipinski definition) is 0. The minimum atomic E-state index is 0.543. The average molecular weight is 280 g/mol. The first-order valence-corrected chi connectivity index (χ1v) is 7.47. The van der Waals surface area contributed by atoms with Crippen LogP contribution in [0.1, 0.15) is 19.4 Å². The Kier molecular flexibility index (Phi) is 3.81. The molecule has 0 bridgehead atoms. The van der Waals surface area contributed by atoms with E-state index in [1.165, 1.54) is 0 Å². The number of fused-ring (bicyclic) bond motifs is 1. The van der Waals surface area contributed by atoms with Gasteiger partial charge in [0.1, 0.15) is 12.4 Å². The average Bonchev–Trinajstić information content (AvgIpc) is 3.22. The summed E-state index contributed by atoms with van der Waals surface area (Å²) in [7, 11) is 0. The molecular formula is C18H20N2O. The summed E-state index contributed by atoms with van der Waals surface area (Å²) in [6.45, 7) is 7.48. The highest BCUT2D eigenvalue weighted by Crippen LogP contribution is 2.29. The normalized spacial score (nSPS) is 20.5. The molecule has 3 rings (SSSR count). The predicted octanol–water partition coefficient (Wildman–Crippen LogP) is 3.43. The topological polar surface area (TPSA) is 36.0 Å². The smallest absolute Gasteiger partial charge is 0.127 e. The molecule has 0 spiro atoms. The number of rotatable bonds is 5. The molecular weight excluding hydrogens is 260 g/mol. The zero-order valence-electron chi connectivity index (χ0n) is 12.5. The van der Waals surface area contributed by atoms with E-state index in [9.17, 15) is 5.26 Å². The van der Waals surface area contributed by atoms with Crippen LogP contribution in [-0.4, -0.2) is 30.6 Å². The molecule has 2 unspecified atom stereocenters. The quantitative estimate of drug-likeness (QED) is 0.787. The van der Waals surface area contributed by atoms with E-state index in [2.05, 4.69) is 24.8 Å². The fourth-order valence-corrected chi connectivity index (χ4v) is 2.76. The maximum Gasteiger partial charge on any atom is 0.127 e. The van der Waals surface area contributed by atoms with Crippen LogP contribution in [0.2, 0.25) is 0 Å². The molecule has 3 nitrogen and oxygen atoms in total. The number of nitrogens with zero attached hydrogens (tertiary/aromatic N) is 2. The van der Waals surface area contributed by atoms with Gasteiger partial charge in [0.15, 0.2) is 0 Å². The Hall–Kier alpha value is -2.05. The molecule has 3 heteroatoms. The Morgan fingerprint density at radius 1 is 1.24 bits per heavy atom. The molecule has 2 aromatic carbocycles. The summed E-state index contributed by atoms with van der Waals surface area (Å²) in [6.07, 6.45) is 0. The first kappa shape index (κ1) is 13.9. The zero-order chi connectivity index (χ0) is 14.8. The van der Waals surface area contributed by atoms with Gasteiger partial charge >= 0.3 is 0 Å². The van der Waals surface area contributed by atoms with Crippen molar-refractivity contribution >= 4 is 10.8 Å². The van der Waals surface area contributed by atoms with Crippen LogP contribution < -0.4 is 4.74 Å². The number of nitriles is 1. The van der Waals surface area contributed by atoms with Crippen molar-refractivity contribution in [2.75, 3.05) is 19.7 Å². The second kappa shape index (κ2) is 5.75. The Balaban J connectivity index is 1.73. The lowest BCUT2D eigenvalue weighted by Crippen LogP contribution is -2.14. The van der Waals surface area contributed by atoms with Crippen LogP contribution in [0.3, 0.4) is 0 Å². The van der Waals surface area contributed by atoms with E-state index in [4.69, 9.17) is 4.74 Å². The van der Waals surface area contributed by atoms with E-state index in [0.29, 0.717) is 17.5 Å². The second-order valence-electron chi connectivity index (χ2n) is 6.08. The third-order valence-corrected chi connectivity index (χ3v) is 3.86. The van der Waals surface area contributed by atoms with Crippen molar-refractivity contribution in [3.05, 3.63) is 42.0 Å². The summed E-state index contributed by atoms with van der Waals surface area (Å²) in [5.41, 5.74) is 0.700. The zero-order valence-corrected chi connectivity index (χ0v) is 12.5. The van der Waals surface area contributed by atoms with Crippen LogP contribution >= 0.6 is 0 Å². The summed E-state index contributed by atoms with van der Waals surface area (Å²) in [5.74, 6) is 1.58. The molecule has 0 aromatic heterocycles. The molecule has 1 heterocycles. The molecule has 1 fully saturated rings. The van der Waals surface area contributed by atoms with Gasteiger partial charge in [0, 0.05) is 23.9 Å². The third-order valence-electron chi connectivity index (χ3n) is 3.86. The Labute approximate surface area is 125 Å². The van der Waals surface area contributed by atoms with Gasteiger partial charge in [-0.1, -0.05) is 38.1 Å². The monoisotopic (exact) mass is 280 g/mol. The molecule has 1 aliphatic rings. The van der Waals surface area contributed by atoms with Crippen molar-refractivity contribution in [2.45, 2.75) is 19.9 Å². The molecule has 1 saturated heterocycles. The Morgan fingerprint density at radius 2 is 2.00 bits per heavy atom. The first-order valence-electron chi connectivity index (χ1n) is 7.47. The van der Waals surface area contributed by atoms with E-state index >= 15 is 0 Å². The molecule has 108 valence electrons. The maximum atomic E-state index is 9.18. The van der Waals surface area contributed by atoms with Crippen molar-refractivity contribution in [2.24, 2.45) is 5.92 Å². The summed E-state index contributed by atoms with van der Waals surface area (Å²) >= 11 is 0. The van der Waals surface area contributed by atoms with Crippen LogP contribution in [0, 0.1) is 17.2 Å². The van der Waals surface area contributed by atoms with E-state index in [1.807, 2.05) is 36.4 Å². The molecule has 0 radical (unpaired) electrons. The molecule has 21 heavy (non-hydrogen) atoms. The highest BCUT2D eigenvalue weighted by atomic mass is 16.5. The summed E-state index contributed by atoms with van der Waals surface area (Å²) in [6, 6.07) is 14.5. The molecule has 0 N–H and O–H groups in total. The van der Waals surface area contributed by atoms with Gasteiger partial charge < -0.3 is 4.74 Å². The minimum Gasteiger partial charge on any atom is -0.491 e. The third kappa shape index (κ3) is 3.01. The van der Waals surface area contributed by atoms with E-state index in [0.717, 1.165) is 36.2 Å². The molecule has 2 aromatic rings. The van der Waals surface area contributed by atoms with Crippen molar-refractivity contribution in [3.63, 3.8) is 0 Å². The van der Waals surface area contributed by atoms with Gasteiger partial charge in [-0.2, -0.15) is 5.26 Å². The largest absolute Gasteiger partial charge is 0.491 e. The van der Waals surface area contributed by atoms with Gasteiger partial charge in [-0.25, -0.2) is 0 Å². The SMILES string of the molecule is CC(C)CN1CC1COc1ccc(C#N)c2ccccc12. The van der Waals surface area contributed by atoms with Crippen LogP contribution in [0.15, 0.2) is 36.4 Å².